The molecule has 0 aliphatic carbocycles. The van der Waals surface area contributed by atoms with E-state index in [2.05, 4.69) is 0 Å². The molecular formula is C18H15NO3S. The summed E-state index contributed by atoms with van der Waals surface area (Å²) in [5.74, 6) is 0.441. The van der Waals surface area contributed by atoms with Crippen LogP contribution < -0.4 is 9.64 Å². The Morgan fingerprint density at radius 1 is 1.09 bits per heavy atom. The minimum atomic E-state index is -0.298. The molecule has 0 unspecified atom stereocenters. The van der Waals surface area contributed by atoms with Crippen LogP contribution in [-0.2, 0) is 4.79 Å². The van der Waals surface area contributed by atoms with Crippen molar-refractivity contribution in [3.8, 4) is 5.75 Å². The van der Waals surface area contributed by atoms with Gasteiger partial charge in [-0.1, -0.05) is 30.3 Å². The number of nitrogens with zero attached hydrogens (tertiary/aromatic N) is 1. The quantitative estimate of drug-likeness (QED) is 0.785. The number of carbonyl (C=O) groups excluding carboxylic acids is 2. The van der Waals surface area contributed by atoms with Crippen LogP contribution in [0.3, 0.4) is 0 Å². The van der Waals surface area contributed by atoms with Gasteiger partial charge in [0.15, 0.2) is 0 Å². The van der Waals surface area contributed by atoms with E-state index in [1.54, 1.807) is 30.3 Å². The van der Waals surface area contributed by atoms with Crippen LogP contribution in [0.1, 0.15) is 12.5 Å². The number of para-hydroxylation sites is 1. The smallest absolute Gasteiger partial charge is 0.298 e. The molecule has 0 spiro atoms. The lowest BCUT2D eigenvalue weighted by molar-refractivity contribution is -0.113. The maximum absolute atomic E-state index is 12.5. The zero-order valence-electron chi connectivity index (χ0n) is 12.6. The minimum absolute atomic E-state index is 0.284. The third-order valence-electron chi connectivity index (χ3n) is 3.27. The number of benzene rings is 2. The number of carbonyl (C=O) groups is 2. The molecule has 1 aliphatic heterocycles. The predicted molar refractivity (Wildman–Crippen MR) is 92.5 cm³/mol. The monoisotopic (exact) mass is 325 g/mol. The Balaban J connectivity index is 1.88. The van der Waals surface area contributed by atoms with Crippen molar-refractivity contribution in [2.45, 2.75) is 6.92 Å². The van der Waals surface area contributed by atoms with E-state index in [9.17, 15) is 9.59 Å². The van der Waals surface area contributed by atoms with E-state index in [1.807, 2.05) is 37.3 Å². The van der Waals surface area contributed by atoms with Crippen molar-refractivity contribution in [3.05, 3.63) is 65.1 Å². The fraction of sp³-hybridized carbons (Fsp3) is 0.111. The van der Waals surface area contributed by atoms with Gasteiger partial charge in [0.25, 0.3) is 11.1 Å². The second kappa shape index (κ2) is 6.71. The van der Waals surface area contributed by atoms with Gasteiger partial charge in [-0.25, -0.2) is 4.90 Å². The van der Waals surface area contributed by atoms with Gasteiger partial charge in [-0.15, -0.1) is 0 Å². The van der Waals surface area contributed by atoms with Crippen LogP contribution in [0, 0.1) is 0 Å². The average molecular weight is 325 g/mol. The molecule has 2 aromatic rings. The first-order chi connectivity index (χ1) is 11.2. The molecule has 3 rings (SSSR count). The number of thioether (sulfide) groups is 1. The van der Waals surface area contributed by atoms with Crippen molar-refractivity contribution in [3.63, 3.8) is 0 Å². The van der Waals surface area contributed by atoms with Crippen LogP contribution in [0.5, 0.6) is 5.75 Å². The summed E-state index contributed by atoms with van der Waals surface area (Å²) in [4.78, 5) is 26.3. The van der Waals surface area contributed by atoms with Gasteiger partial charge in [0.2, 0.25) is 0 Å². The zero-order chi connectivity index (χ0) is 16.2. The molecule has 1 aliphatic rings. The van der Waals surface area contributed by atoms with Crippen molar-refractivity contribution in [2.24, 2.45) is 0 Å². The molecule has 5 heteroatoms. The summed E-state index contributed by atoms with van der Waals surface area (Å²) >= 11 is 0.948. The van der Waals surface area contributed by atoms with Gasteiger partial charge < -0.3 is 4.74 Å². The largest absolute Gasteiger partial charge is 0.494 e. The number of amides is 2. The highest BCUT2D eigenvalue weighted by Crippen LogP contribution is 2.35. The van der Waals surface area contributed by atoms with E-state index in [0.717, 1.165) is 23.1 Å². The molecule has 0 radical (unpaired) electrons. The fourth-order valence-electron chi connectivity index (χ4n) is 2.28. The zero-order valence-corrected chi connectivity index (χ0v) is 13.4. The normalized spacial score (nSPS) is 16.2. The molecule has 2 aromatic carbocycles. The predicted octanol–water partition coefficient (Wildman–Crippen LogP) is 4.33. The third-order valence-corrected chi connectivity index (χ3v) is 4.14. The molecule has 1 fully saturated rings. The fourth-order valence-corrected chi connectivity index (χ4v) is 3.12. The van der Waals surface area contributed by atoms with Gasteiger partial charge in [0, 0.05) is 0 Å². The van der Waals surface area contributed by atoms with E-state index >= 15 is 0 Å². The topological polar surface area (TPSA) is 46.6 Å². The molecular weight excluding hydrogens is 310 g/mol. The van der Waals surface area contributed by atoms with Crippen LogP contribution in [0.15, 0.2) is 59.5 Å². The Kier molecular flexibility index (Phi) is 4.48. The van der Waals surface area contributed by atoms with Crippen molar-refractivity contribution < 1.29 is 14.3 Å². The highest BCUT2D eigenvalue weighted by molar-refractivity contribution is 8.19. The SMILES string of the molecule is CCOc1cccc(/C=C2/SC(=O)N(c3ccccc3)C2=O)c1. The second-order valence-corrected chi connectivity index (χ2v) is 5.85. The number of ether oxygens (including phenoxy) is 1. The van der Waals surface area contributed by atoms with Crippen molar-refractivity contribution in [1.82, 2.24) is 0 Å². The van der Waals surface area contributed by atoms with Crippen molar-refractivity contribution in [2.75, 3.05) is 11.5 Å². The molecule has 0 aromatic heterocycles. The van der Waals surface area contributed by atoms with E-state index in [-0.39, 0.29) is 11.1 Å². The van der Waals surface area contributed by atoms with Gasteiger partial charge in [0.05, 0.1) is 17.2 Å². The summed E-state index contributed by atoms with van der Waals surface area (Å²) in [5, 5.41) is -0.284. The number of hydrogen-bond donors (Lipinski definition) is 0. The molecule has 1 saturated heterocycles. The second-order valence-electron chi connectivity index (χ2n) is 4.86. The molecule has 0 bridgehead atoms. The summed E-state index contributed by atoms with van der Waals surface area (Å²) in [7, 11) is 0. The lowest BCUT2D eigenvalue weighted by atomic mass is 10.2. The van der Waals surface area contributed by atoms with Gasteiger partial charge >= 0.3 is 0 Å². The highest BCUT2D eigenvalue weighted by Gasteiger charge is 2.36. The first-order valence-corrected chi connectivity index (χ1v) is 8.06. The summed E-state index contributed by atoms with van der Waals surface area (Å²) in [6.07, 6.45) is 1.72. The van der Waals surface area contributed by atoms with Crippen LogP contribution >= 0.6 is 11.8 Å². The van der Waals surface area contributed by atoms with Crippen LogP contribution in [-0.4, -0.2) is 17.8 Å². The van der Waals surface area contributed by atoms with Crippen molar-refractivity contribution in [1.29, 1.82) is 0 Å². The molecule has 4 nitrogen and oxygen atoms in total. The summed E-state index contributed by atoms with van der Waals surface area (Å²) in [6.45, 7) is 2.49. The number of hydrogen-bond acceptors (Lipinski definition) is 4. The lowest BCUT2D eigenvalue weighted by Gasteiger charge is -2.11. The van der Waals surface area contributed by atoms with E-state index < -0.39 is 0 Å². The van der Waals surface area contributed by atoms with Crippen LogP contribution in [0.25, 0.3) is 6.08 Å². The first-order valence-electron chi connectivity index (χ1n) is 7.25. The highest BCUT2D eigenvalue weighted by atomic mass is 32.2. The maximum Gasteiger partial charge on any atom is 0.298 e. The molecule has 23 heavy (non-hydrogen) atoms. The molecule has 116 valence electrons. The molecule has 0 atom stereocenters. The van der Waals surface area contributed by atoms with E-state index in [1.165, 1.54) is 4.90 Å². The summed E-state index contributed by atoms with van der Waals surface area (Å²) in [5.41, 5.74) is 1.41. The summed E-state index contributed by atoms with van der Waals surface area (Å²) in [6, 6.07) is 16.4. The van der Waals surface area contributed by atoms with Gasteiger partial charge in [0.1, 0.15) is 5.75 Å². The van der Waals surface area contributed by atoms with Crippen molar-refractivity contribution >= 4 is 34.7 Å². The van der Waals surface area contributed by atoms with E-state index in [0.29, 0.717) is 17.2 Å². The Labute approximate surface area is 138 Å². The first kappa shape index (κ1) is 15.4. The summed E-state index contributed by atoms with van der Waals surface area (Å²) < 4.78 is 5.45. The third kappa shape index (κ3) is 3.29. The van der Waals surface area contributed by atoms with Gasteiger partial charge in [-0.3, -0.25) is 9.59 Å². The van der Waals surface area contributed by atoms with Crippen LogP contribution in [0.2, 0.25) is 0 Å². The Hall–Kier alpha value is -2.53. The lowest BCUT2D eigenvalue weighted by Crippen LogP contribution is -2.27. The maximum atomic E-state index is 12.5. The molecule has 0 N–H and O–H groups in total. The van der Waals surface area contributed by atoms with E-state index in [4.69, 9.17) is 4.74 Å². The standard InChI is InChI=1S/C18H15NO3S/c1-2-22-15-10-6-7-13(11-15)12-16-17(20)19(18(21)23-16)14-8-4-3-5-9-14/h3-12H,2H2,1H3/b16-12+. The van der Waals surface area contributed by atoms with Crippen LogP contribution in [0.4, 0.5) is 10.5 Å². The molecule has 1 heterocycles. The molecule has 0 saturated carbocycles. The Morgan fingerprint density at radius 3 is 2.61 bits per heavy atom. The number of rotatable bonds is 4. The Bertz CT molecular complexity index is 771. The minimum Gasteiger partial charge on any atom is -0.494 e. The Morgan fingerprint density at radius 2 is 1.87 bits per heavy atom. The van der Waals surface area contributed by atoms with Gasteiger partial charge in [-0.05, 0) is 54.6 Å². The number of imide groups is 1. The number of anilines is 1. The van der Waals surface area contributed by atoms with Gasteiger partial charge in [-0.2, -0.15) is 0 Å². The average Bonchev–Trinajstić information content (AvgIpc) is 2.83. The molecule has 2 amide bonds.